The quantitative estimate of drug-likeness (QED) is 0.617. The van der Waals surface area contributed by atoms with E-state index in [0.29, 0.717) is 15.7 Å². The summed E-state index contributed by atoms with van der Waals surface area (Å²) >= 11 is 11.8. The topological polar surface area (TPSA) is 52.9 Å². The summed E-state index contributed by atoms with van der Waals surface area (Å²) < 4.78 is 0. The third-order valence-corrected chi connectivity index (χ3v) is 3.65. The number of hydrogen-bond acceptors (Lipinski definition) is 2. The van der Waals surface area contributed by atoms with Crippen LogP contribution in [0.1, 0.15) is 16.7 Å². The SMILES string of the molecule is Cc1ccc(/C=C(\C#N)C(=O)Nc2cc(Cl)cc(Cl)c2)c(C)c1. The van der Waals surface area contributed by atoms with Gasteiger partial charge >= 0.3 is 0 Å². The van der Waals surface area contributed by atoms with Crippen LogP contribution < -0.4 is 5.32 Å². The summed E-state index contributed by atoms with van der Waals surface area (Å²) in [5.41, 5.74) is 3.39. The van der Waals surface area contributed by atoms with Gasteiger partial charge in [0, 0.05) is 15.7 Å². The van der Waals surface area contributed by atoms with Gasteiger partial charge in [0.2, 0.25) is 0 Å². The maximum atomic E-state index is 12.3. The molecule has 0 fully saturated rings. The van der Waals surface area contributed by atoms with Crippen molar-refractivity contribution in [1.29, 1.82) is 5.26 Å². The molecule has 0 aromatic heterocycles. The smallest absolute Gasteiger partial charge is 0.266 e. The molecular weight excluding hydrogens is 331 g/mol. The van der Waals surface area contributed by atoms with Crippen LogP contribution in [0.2, 0.25) is 10.0 Å². The Labute approximate surface area is 145 Å². The second kappa shape index (κ2) is 7.32. The summed E-state index contributed by atoms with van der Waals surface area (Å²) in [7, 11) is 0. The first-order chi connectivity index (χ1) is 10.9. The molecule has 0 unspecified atom stereocenters. The van der Waals surface area contributed by atoms with Crippen molar-refractivity contribution < 1.29 is 4.79 Å². The number of nitrogens with one attached hydrogen (secondary N) is 1. The van der Waals surface area contributed by atoms with Gasteiger partial charge in [-0.25, -0.2) is 0 Å². The number of rotatable bonds is 3. The lowest BCUT2D eigenvalue weighted by molar-refractivity contribution is -0.112. The van der Waals surface area contributed by atoms with Crippen molar-refractivity contribution in [3.8, 4) is 6.07 Å². The lowest BCUT2D eigenvalue weighted by Gasteiger charge is -2.07. The average molecular weight is 345 g/mol. The number of benzene rings is 2. The zero-order valence-electron chi connectivity index (χ0n) is 12.7. The molecule has 0 atom stereocenters. The lowest BCUT2D eigenvalue weighted by Crippen LogP contribution is -2.13. The Morgan fingerprint density at radius 1 is 1.13 bits per heavy atom. The number of amides is 1. The van der Waals surface area contributed by atoms with E-state index in [1.165, 1.54) is 0 Å². The third kappa shape index (κ3) is 4.59. The number of carbonyl (C=O) groups is 1. The Bertz CT molecular complexity index is 815. The van der Waals surface area contributed by atoms with Gasteiger partial charge in [-0.3, -0.25) is 4.79 Å². The van der Waals surface area contributed by atoms with Gasteiger partial charge in [0.05, 0.1) is 0 Å². The lowest BCUT2D eigenvalue weighted by atomic mass is 10.0. The summed E-state index contributed by atoms with van der Waals surface area (Å²) in [5, 5.41) is 12.7. The summed E-state index contributed by atoms with van der Waals surface area (Å²) in [6.07, 6.45) is 1.57. The zero-order chi connectivity index (χ0) is 17.0. The van der Waals surface area contributed by atoms with Gasteiger partial charge in [-0.05, 0) is 49.2 Å². The van der Waals surface area contributed by atoms with E-state index in [1.807, 2.05) is 38.1 Å². The number of anilines is 1. The molecule has 0 aliphatic heterocycles. The van der Waals surface area contributed by atoms with Crippen molar-refractivity contribution in [2.75, 3.05) is 5.32 Å². The fourth-order valence-electron chi connectivity index (χ4n) is 2.12. The van der Waals surface area contributed by atoms with Gasteiger partial charge in [-0.2, -0.15) is 5.26 Å². The second-order valence-electron chi connectivity index (χ2n) is 5.14. The van der Waals surface area contributed by atoms with Crippen molar-refractivity contribution in [3.63, 3.8) is 0 Å². The molecule has 3 nitrogen and oxygen atoms in total. The molecule has 0 spiro atoms. The van der Waals surface area contributed by atoms with E-state index in [1.54, 1.807) is 24.3 Å². The van der Waals surface area contributed by atoms with E-state index in [0.717, 1.165) is 16.7 Å². The van der Waals surface area contributed by atoms with Crippen LogP contribution in [0, 0.1) is 25.2 Å². The van der Waals surface area contributed by atoms with Gasteiger partial charge < -0.3 is 5.32 Å². The molecule has 0 bridgehead atoms. The van der Waals surface area contributed by atoms with Gasteiger partial charge in [0.15, 0.2) is 0 Å². The largest absolute Gasteiger partial charge is 0.321 e. The molecule has 2 rings (SSSR count). The highest BCUT2D eigenvalue weighted by Gasteiger charge is 2.11. The summed E-state index contributed by atoms with van der Waals surface area (Å²) in [6.45, 7) is 3.92. The normalized spacial score (nSPS) is 11.0. The van der Waals surface area contributed by atoms with Crippen molar-refractivity contribution in [1.82, 2.24) is 0 Å². The van der Waals surface area contributed by atoms with Crippen LogP contribution in [-0.4, -0.2) is 5.91 Å². The van der Waals surface area contributed by atoms with E-state index >= 15 is 0 Å². The molecule has 2 aromatic carbocycles. The number of aryl methyl sites for hydroxylation is 2. The zero-order valence-corrected chi connectivity index (χ0v) is 14.2. The Kier molecular flexibility index (Phi) is 5.44. The van der Waals surface area contributed by atoms with Crippen LogP contribution in [0.25, 0.3) is 6.08 Å². The van der Waals surface area contributed by atoms with E-state index in [2.05, 4.69) is 5.32 Å². The number of nitrogens with zero attached hydrogens (tertiary/aromatic N) is 1. The molecule has 0 aliphatic carbocycles. The maximum Gasteiger partial charge on any atom is 0.266 e. The van der Waals surface area contributed by atoms with Gasteiger partial charge in [0.1, 0.15) is 11.6 Å². The average Bonchev–Trinajstić information content (AvgIpc) is 2.45. The second-order valence-corrected chi connectivity index (χ2v) is 6.01. The molecule has 0 aliphatic rings. The Hall–Kier alpha value is -2.28. The van der Waals surface area contributed by atoms with Crippen molar-refractivity contribution in [3.05, 3.63) is 68.7 Å². The van der Waals surface area contributed by atoms with Gasteiger partial charge in [-0.1, -0.05) is 47.0 Å². The molecule has 0 radical (unpaired) electrons. The van der Waals surface area contributed by atoms with Crippen LogP contribution in [0.15, 0.2) is 42.0 Å². The molecule has 1 N–H and O–H groups in total. The first kappa shape index (κ1) is 17.1. The Balaban J connectivity index is 2.28. The van der Waals surface area contributed by atoms with Crippen molar-refractivity contribution in [2.45, 2.75) is 13.8 Å². The fourth-order valence-corrected chi connectivity index (χ4v) is 2.64. The Morgan fingerprint density at radius 2 is 1.78 bits per heavy atom. The summed E-state index contributed by atoms with van der Waals surface area (Å²) in [5.74, 6) is -0.509. The number of hydrogen-bond donors (Lipinski definition) is 1. The van der Waals surface area contributed by atoms with Crippen LogP contribution in [-0.2, 0) is 4.79 Å². The Morgan fingerprint density at radius 3 is 2.35 bits per heavy atom. The number of halogens is 2. The predicted molar refractivity (Wildman–Crippen MR) is 94.6 cm³/mol. The van der Waals surface area contributed by atoms with Crippen LogP contribution in [0.5, 0.6) is 0 Å². The van der Waals surface area contributed by atoms with Gasteiger partial charge in [-0.15, -0.1) is 0 Å². The van der Waals surface area contributed by atoms with E-state index < -0.39 is 5.91 Å². The third-order valence-electron chi connectivity index (χ3n) is 3.21. The van der Waals surface area contributed by atoms with E-state index in [-0.39, 0.29) is 5.57 Å². The molecule has 5 heteroatoms. The molecule has 116 valence electrons. The van der Waals surface area contributed by atoms with Crippen LogP contribution in [0.4, 0.5) is 5.69 Å². The van der Waals surface area contributed by atoms with Crippen LogP contribution in [0.3, 0.4) is 0 Å². The minimum atomic E-state index is -0.509. The first-order valence-corrected chi connectivity index (χ1v) is 7.61. The van der Waals surface area contributed by atoms with Crippen molar-refractivity contribution >= 4 is 40.9 Å². The maximum absolute atomic E-state index is 12.3. The summed E-state index contributed by atoms with van der Waals surface area (Å²) in [6, 6.07) is 12.4. The molecule has 0 saturated heterocycles. The molecular formula is C18H14Cl2N2O. The van der Waals surface area contributed by atoms with E-state index in [4.69, 9.17) is 23.2 Å². The standard InChI is InChI=1S/C18H14Cl2N2O/c1-11-3-4-13(12(2)5-11)6-14(10-21)18(23)22-17-8-15(19)7-16(20)9-17/h3-9H,1-2H3,(H,22,23)/b14-6+. The van der Waals surface area contributed by atoms with Crippen molar-refractivity contribution in [2.24, 2.45) is 0 Å². The van der Waals surface area contributed by atoms with Gasteiger partial charge in [0.25, 0.3) is 5.91 Å². The minimum absolute atomic E-state index is 0.00745. The molecule has 0 heterocycles. The predicted octanol–water partition coefficient (Wildman–Crippen LogP) is 5.16. The molecule has 1 amide bonds. The first-order valence-electron chi connectivity index (χ1n) is 6.85. The highest BCUT2D eigenvalue weighted by atomic mass is 35.5. The highest BCUT2D eigenvalue weighted by molar-refractivity contribution is 6.35. The number of carbonyl (C=O) groups excluding carboxylic acids is 1. The van der Waals surface area contributed by atoms with E-state index in [9.17, 15) is 10.1 Å². The highest BCUT2D eigenvalue weighted by Crippen LogP contribution is 2.23. The minimum Gasteiger partial charge on any atom is -0.321 e. The molecule has 2 aromatic rings. The van der Waals surface area contributed by atoms with Crippen LogP contribution >= 0.6 is 23.2 Å². The monoisotopic (exact) mass is 344 g/mol. The molecule has 23 heavy (non-hydrogen) atoms. The summed E-state index contributed by atoms with van der Waals surface area (Å²) in [4.78, 5) is 12.3. The number of nitriles is 1. The fraction of sp³-hybridized carbons (Fsp3) is 0.111. The molecule has 0 saturated carbocycles.